The zero-order chi connectivity index (χ0) is 12.8. The van der Waals surface area contributed by atoms with E-state index in [9.17, 15) is 9.59 Å². The van der Waals surface area contributed by atoms with Crippen molar-refractivity contribution in [2.75, 3.05) is 20.1 Å². The van der Waals surface area contributed by atoms with Gasteiger partial charge in [-0.05, 0) is 33.2 Å². The van der Waals surface area contributed by atoms with Gasteiger partial charge in [-0.2, -0.15) is 0 Å². The van der Waals surface area contributed by atoms with E-state index in [1.54, 1.807) is 4.90 Å². The number of hydrogen-bond acceptors (Lipinski definition) is 4. The molecule has 0 aromatic carbocycles. The highest BCUT2D eigenvalue weighted by Crippen LogP contribution is 2.23. The van der Waals surface area contributed by atoms with Gasteiger partial charge in [-0.15, -0.1) is 0 Å². The predicted octanol–water partition coefficient (Wildman–Crippen LogP) is -0.156. The van der Waals surface area contributed by atoms with Gasteiger partial charge in [-0.3, -0.25) is 4.79 Å². The van der Waals surface area contributed by atoms with E-state index < -0.39 is 6.04 Å². The number of rotatable bonds is 7. The zero-order valence-corrected chi connectivity index (χ0v) is 10.7. The van der Waals surface area contributed by atoms with Crippen molar-refractivity contribution in [2.24, 2.45) is 5.73 Å². The molecule has 0 spiro atoms. The van der Waals surface area contributed by atoms with Crippen molar-refractivity contribution in [3.8, 4) is 0 Å². The summed E-state index contributed by atoms with van der Waals surface area (Å²) >= 11 is 0. The molecule has 1 rings (SSSR count). The standard InChI is InChI=1S/C12H23N3O2/c1-10-3-4-12(14(10)2)5-6-15(9-17)7-11(13)8-16/h8-12H,3-7,13H2,1-2H3. The third-order valence-corrected chi connectivity index (χ3v) is 3.71. The van der Waals surface area contributed by atoms with Crippen LogP contribution in [0.1, 0.15) is 26.2 Å². The van der Waals surface area contributed by atoms with Gasteiger partial charge in [0.15, 0.2) is 0 Å². The fraction of sp³-hybridized carbons (Fsp3) is 0.833. The molecule has 1 aliphatic heterocycles. The molecule has 98 valence electrons. The molecular weight excluding hydrogens is 218 g/mol. The molecule has 0 saturated carbocycles. The van der Waals surface area contributed by atoms with E-state index in [1.165, 1.54) is 12.8 Å². The van der Waals surface area contributed by atoms with Crippen molar-refractivity contribution >= 4 is 12.7 Å². The molecule has 0 radical (unpaired) electrons. The van der Waals surface area contributed by atoms with Crippen molar-refractivity contribution in [3.05, 3.63) is 0 Å². The topological polar surface area (TPSA) is 66.6 Å². The molecule has 1 aliphatic rings. The number of nitrogens with two attached hydrogens (primary N) is 1. The summed E-state index contributed by atoms with van der Waals surface area (Å²) in [5.41, 5.74) is 5.50. The number of carbonyl (C=O) groups excluding carboxylic acids is 2. The Balaban J connectivity index is 2.32. The van der Waals surface area contributed by atoms with Gasteiger partial charge in [0, 0.05) is 25.2 Å². The van der Waals surface area contributed by atoms with Crippen molar-refractivity contribution in [3.63, 3.8) is 0 Å². The molecular formula is C12H23N3O2. The number of carbonyl (C=O) groups is 2. The highest BCUT2D eigenvalue weighted by atomic mass is 16.1. The second kappa shape index (κ2) is 6.71. The highest BCUT2D eigenvalue weighted by molar-refractivity contribution is 5.58. The van der Waals surface area contributed by atoms with E-state index in [2.05, 4.69) is 18.9 Å². The van der Waals surface area contributed by atoms with Crippen LogP contribution in [0, 0.1) is 0 Å². The Hall–Kier alpha value is -0.940. The first-order chi connectivity index (χ1) is 8.08. The van der Waals surface area contributed by atoms with Crippen LogP contribution >= 0.6 is 0 Å². The number of likely N-dealkylation sites (tertiary alicyclic amines) is 1. The Kier molecular flexibility index (Phi) is 5.58. The van der Waals surface area contributed by atoms with E-state index in [0.717, 1.165) is 12.8 Å². The summed E-state index contributed by atoms with van der Waals surface area (Å²) in [7, 11) is 2.13. The van der Waals surface area contributed by atoms with Gasteiger partial charge in [-0.25, -0.2) is 0 Å². The van der Waals surface area contributed by atoms with Crippen LogP contribution in [0.2, 0.25) is 0 Å². The molecule has 3 unspecified atom stereocenters. The number of aldehydes is 1. The lowest BCUT2D eigenvalue weighted by molar-refractivity contribution is -0.119. The molecule has 5 nitrogen and oxygen atoms in total. The van der Waals surface area contributed by atoms with Gasteiger partial charge in [0.1, 0.15) is 6.29 Å². The summed E-state index contributed by atoms with van der Waals surface area (Å²) in [5, 5.41) is 0. The normalized spacial score (nSPS) is 26.8. The summed E-state index contributed by atoms with van der Waals surface area (Å²) in [4.78, 5) is 25.2. The van der Waals surface area contributed by atoms with Gasteiger partial charge in [0.05, 0.1) is 6.04 Å². The third-order valence-electron chi connectivity index (χ3n) is 3.71. The quantitative estimate of drug-likeness (QED) is 0.629. The molecule has 17 heavy (non-hydrogen) atoms. The number of nitrogens with zero attached hydrogens (tertiary/aromatic N) is 2. The zero-order valence-electron chi connectivity index (χ0n) is 10.7. The molecule has 5 heteroatoms. The summed E-state index contributed by atoms with van der Waals surface area (Å²) < 4.78 is 0. The van der Waals surface area contributed by atoms with Crippen LogP contribution in [0.3, 0.4) is 0 Å². The third kappa shape index (κ3) is 4.09. The van der Waals surface area contributed by atoms with Crippen LogP contribution < -0.4 is 5.73 Å². The second-order valence-corrected chi connectivity index (χ2v) is 4.93. The highest BCUT2D eigenvalue weighted by Gasteiger charge is 2.27. The largest absolute Gasteiger partial charge is 0.343 e. The minimum absolute atomic E-state index is 0.318. The van der Waals surface area contributed by atoms with Crippen LogP contribution in [-0.2, 0) is 9.59 Å². The number of hydrogen-bond donors (Lipinski definition) is 1. The van der Waals surface area contributed by atoms with Gasteiger partial charge in [0.25, 0.3) is 0 Å². The average molecular weight is 241 g/mol. The minimum atomic E-state index is -0.569. The predicted molar refractivity (Wildman–Crippen MR) is 66.5 cm³/mol. The molecule has 1 saturated heterocycles. The van der Waals surface area contributed by atoms with Gasteiger partial charge in [-0.1, -0.05) is 0 Å². The van der Waals surface area contributed by atoms with Gasteiger partial charge < -0.3 is 20.3 Å². The first-order valence-corrected chi connectivity index (χ1v) is 6.20. The van der Waals surface area contributed by atoms with Crippen molar-refractivity contribution in [1.29, 1.82) is 0 Å². The smallest absolute Gasteiger partial charge is 0.209 e. The molecule has 0 aromatic heterocycles. The molecule has 0 aromatic rings. The monoisotopic (exact) mass is 241 g/mol. The Morgan fingerprint density at radius 2 is 2.18 bits per heavy atom. The summed E-state index contributed by atoms with van der Waals surface area (Å²) in [6, 6.07) is 0.599. The van der Waals surface area contributed by atoms with Crippen molar-refractivity contribution in [2.45, 2.75) is 44.3 Å². The molecule has 1 heterocycles. The van der Waals surface area contributed by atoms with E-state index in [0.29, 0.717) is 31.5 Å². The SMILES string of the molecule is CC1CCC(CCN(C=O)CC(N)C=O)N1C. The lowest BCUT2D eigenvalue weighted by atomic mass is 10.1. The van der Waals surface area contributed by atoms with Gasteiger partial charge >= 0.3 is 0 Å². The van der Waals surface area contributed by atoms with E-state index in [-0.39, 0.29) is 0 Å². The lowest BCUT2D eigenvalue weighted by Crippen LogP contribution is -2.40. The van der Waals surface area contributed by atoms with Crippen LogP contribution in [-0.4, -0.2) is 60.8 Å². The Bertz CT molecular complexity index is 260. The van der Waals surface area contributed by atoms with E-state index >= 15 is 0 Å². The van der Waals surface area contributed by atoms with Crippen molar-refractivity contribution in [1.82, 2.24) is 9.80 Å². The Labute approximate surface area is 103 Å². The van der Waals surface area contributed by atoms with Crippen LogP contribution in [0.15, 0.2) is 0 Å². The minimum Gasteiger partial charge on any atom is -0.343 e. The maximum absolute atomic E-state index is 10.8. The lowest BCUT2D eigenvalue weighted by Gasteiger charge is -2.26. The van der Waals surface area contributed by atoms with Crippen LogP contribution in [0.25, 0.3) is 0 Å². The summed E-state index contributed by atoms with van der Waals surface area (Å²) in [5.74, 6) is 0. The molecule has 1 amide bonds. The maximum atomic E-state index is 10.8. The maximum Gasteiger partial charge on any atom is 0.209 e. The summed E-state index contributed by atoms with van der Waals surface area (Å²) in [6.45, 7) is 3.21. The Morgan fingerprint density at radius 3 is 2.65 bits per heavy atom. The number of amides is 1. The first-order valence-electron chi connectivity index (χ1n) is 6.20. The first kappa shape index (κ1) is 14.1. The molecule has 2 N–H and O–H groups in total. The van der Waals surface area contributed by atoms with Crippen LogP contribution in [0.5, 0.6) is 0 Å². The second-order valence-electron chi connectivity index (χ2n) is 4.93. The summed E-state index contributed by atoms with van der Waals surface area (Å²) in [6.07, 6.45) is 4.81. The van der Waals surface area contributed by atoms with Gasteiger partial charge in [0.2, 0.25) is 6.41 Å². The molecule has 0 aliphatic carbocycles. The molecule has 0 bridgehead atoms. The van der Waals surface area contributed by atoms with Crippen molar-refractivity contribution < 1.29 is 9.59 Å². The average Bonchev–Trinajstić information content (AvgIpc) is 2.65. The fourth-order valence-electron chi connectivity index (χ4n) is 2.36. The fourth-order valence-corrected chi connectivity index (χ4v) is 2.36. The van der Waals surface area contributed by atoms with E-state index in [4.69, 9.17) is 5.73 Å². The molecule has 1 fully saturated rings. The Morgan fingerprint density at radius 1 is 1.47 bits per heavy atom. The van der Waals surface area contributed by atoms with E-state index in [1.807, 2.05) is 0 Å². The van der Waals surface area contributed by atoms with Crippen LogP contribution in [0.4, 0.5) is 0 Å². The molecule has 3 atom stereocenters.